The number of amides is 2. The first kappa shape index (κ1) is 21.4. The number of hydrogen-bond acceptors (Lipinski definition) is 6. The molecule has 0 unspecified atom stereocenters. The van der Waals surface area contributed by atoms with Gasteiger partial charge in [0.1, 0.15) is 11.8 Å². The van der Waals surface area contributed by atoms with Crippen molar-refractivity contribution in [3.05, 3.63) is 46.7 Å². The van der Waals surface area contributed by atoms with Crippen LogP contribution in [0.4, 0.5) is 5.69 Å². The first-order valence-electron chi connectivity index (χ1n) is 8.94. The predicted molar refractivity (Wildman–Crippen MR) is 108 cm³/mol. The van der Waals surface area contributed by atoms with Crippen molar-refractivity contribution in [2.75, 3.05) is 18.5 Å². The number of carbonyl (C=O) groups is 3. The van der Waals surface area contributed by atoms with Gasteiger partial charge in [-0.2, -0.15) is 0 Å². The lowest BCUT2D eigenvalue weighted by atomic mass is 10.0. The third kappa shape index (κ3) is 6.38. The number of thiophene rings is 1. The summed E-state index contributed by atoms with van der Waals surface area (Å²) < 4.78 is 10.4. The minimum atomic E-state index is -0.840. The summed E-state index contributed by atoms with van der Waals surface area (Å²) in [6.45, 7) is 5.59. The fraction of sp³-hybridized carbons (Fsp3) is 0.350. The van der Waals surface area contributed by atoms with Gasteiger partial charge in [0.2, 0.25) is 0 Å². The van der Waals surface area contributed by atoms with Gasteiger partial charge in [0.25, 0.3) is 11.8 Å². The molecule has 0 radical (unpaired) electrons. The second kappa shape index (κ2) is 10.5. The summed E-state index contributed by atoms with van der Waals surface area (Å²) in [5.74, 6) is -0.949. The molecular weight excluding hydrogens is 380 g/mol. The van der Waals surface area contributed by atoms with Gasteiger partial charge in [-0.05, 0) is 48.6 Å². The van der Waals surface area contributed by atoms with Gasteiger partial charge in [-0.25, -0.2) is 4.79 Å². The molecule has 2 aromatic rings. The SMILES string of the molecule is CCOc1ccc(NC(=O)COC(=O)[C@@H](NC(=O)c2cccs2)C(C)C)cc1. The molecule has 0 aliphatic carbocycles. The van der Waals surface area contributed by atoms with Crippen molar-refractivity contribution >= 4 is 34.8 Å². The first-order valence-corrected chi connectivity index (χ1v) is 9.82. The minimum absolute atomic E-state index is 0.189. The number of benzene rings is 1. The maximum atomic E-state index is 12.3. The van der Waals surface area contributed by atoms with E-state index in [4.69, 9.17) is 9.47 Å². The normalized spacial score (nSPS) is 11.6. The van der Waals surface area contributed by atoms with E-state index in [1.807, 2.05) is 6.92 Å². The summed E-state index contributed by atoms with van der Waals surface area (Å²) in [5.41, 5.74) is 0.566. The molecule has 1 atom stereocenters. The lowest BCUT2D eigenvalue weighted by Crippen LogP contribution is -2.45. The number of nitrogens with one attached hydrogen (secondary N) is 2. The zero-order valence-corrected chi connectivity index (χ0v) is 16.9. The molecule has 28 heavy (non-hydrogen) atoms. The molecule has 0 aliphatic rings. The van der Waals surface area contributed by atoms with Gasteiger partial charge in [-0.3, -0.25) is 9.59 Å². The number of hydrogen-bond donors (Lipinski definition) is 2. The molecular formula is C20H24N2O5S. The van der Waals surface area contributed by atoms with Crippen LogP contribution in [0.2, 0.25) is 0 Å². The molecule has 0 spiro atoms. The van der Waals surface area contributed by atoms with Gasteiger partial charge in [0, 0.05) is 5.69 Å². The predicted octanol–water partition coefficient (Wildman–Crippen LogP) is 3.08. The highest BCUT2D eigenvalue weighted by Crippen LogP contribution is 2.15. The Hall–Kier alpha value is -2.87. The summed E-state index contributed by atoms with van der Waals surface area (Å²) in [4.78, 5) is 37.0. The van der Waals surface area contributed by atoms with Crippen LogP contribution in [-0.2, 0) is 14.3 Å². The summed E-state index contributed by atoms with van der Waals surface area (Å²) >= 11 is 1.28. The number of esters is 1. The average molecular weight is 404 g/mol. The molecule has 1 aromatic heterocycles. The Morgan fingerprint density at radius 3 is 2.39 bits per heavy atom. The third-order valence-corrected chi connectivity index (χ3v) is 4.62. The zero-order valence-electron chi connectivity index (χ0n) is 16.1. The van der Waals surface area contributed by atoms with Crippen LogP contribution in [0, 0.1) is 5.92 Å². The van der Waals surface area contributed by atoms with Crippen molar-refractivity contribution < 1.29 is 23.9 Å². The Morgan fingerprint density at radius 1 is 1.11 bits per heavy atom. The number of anilines is 1. The van der Waals surface area contributed by atoms with E-state index in [9.17, 15) is 14.4 Å². The molecule has 8 heteroatoms. The van der Waals surface area contributed by atoms with E-state index in [2.05, 4.69) is 10.6 Å². The highest BCUT2D eigenvalue weighted by Gasteiger charge is 2.27. The molecule has 0 fully saturated rings. The second-order valence-electron chi connectivity index (χ2n) is 6.29. The summed E-state index contributed by atoms with van der Waals surface area (Å²) in [6.07, 6.45) is 0. The van der Waals surface area contributed by atoms with Crippen molar-refractivity contribution in [1.82, 2.24) is 5.32 Å². The van der Waals surface area contributed by atoms with E-state index in [-0.39, 0.29) is 11.8 Å². The number of ether oxygens (including phenoxy) is 2. The van der Waals surface area contributed by atoms with Crippen LogP contribution in [0.25, 0.3) is 0 Å². The summed E-state index contributed by atoms with van der Waals surface area (Å²) in [5, 5.41) is 7.08. The van der Waals surface area contributed by atoms with E-state index in [1.54, 1.807) is 55.6 Å². The molecule has 2 N–H and O–H groups in total. The molecule has 1 aromatic carbocycles. The fourth-order valence-electron chi connectivity index (χ4n) is 2.34. The zero-order chi connectivity index (χ0) is 20.5. The maximum Gasteiger partial charge on any atom is 0.329 e. The van der Waals surface area contributed by atoms with Gasteiger partial charge in [0.05, 0.1) is 11.5 Å². The van der Waals surface area contributed by atoms with Crippen molar-refractivity contribution in [3.8, 4) is 5.75 Å². The minimum Gasteiger partial charge on any atom is -0.494 e. The summed E-state index contributed by atoms with van der Waals surface area (Å²) in [7, 11) is 0. The van der Waals surface area contributed by atoms with E-state index in [0.717, 1.165) is 0 Å². The van der Waals surface area contributed by atoms with Gasteiger partial charge in [-0.15, -0.1) is 11.3 Å². The second-order valence-corrected chi connectivity index (χ2v) is 7.23. The topological polar surface area (TPSA) is 93.7 Å². The molecule has 2 amide bonds. The molecule has 0 bridgehead atoms. The van der Waals surface area contributed by atoms with Crippen molar-refractivity contribution in [2.45, 2.75) is 26.8 Å². The van der Waals surface area contributed by atoms with Crippen LogP contribution < -0.4 is 15.4 Å². The fourth-order valence-corrected chi connectivity index (χ4v) is 2.97. The van der Waals surface area contributed by atoms with E-state index < -0.39 is 24.5 Å². The smallest absolute Gasteiger partial charge is 0.329 e. The number of rotatable bonds is 9. The van der Waals surface area contributed by atoms with Crippen molar-refractivity contribution in [1.29, 1.82) is 0 Å². The largest absolute Gasteiger partial charge is 0.494 e. The van der Waals surface area contributed by atoms with Crippen LogP contribution in [0.1, 0.15) is 30.4 Å². The van der Waals surface area contributed by atoms with Crippen LogP contribution in [0.15, 0.2) is 41.8 Å². The molecule has 150 valence electrons. The molecule has 0 saturated heterocycles. The molecule has 1 heterocycles. The standard InChI is InChI=1S/C20H24N2O5S/c1-4-26-15-9-7-14(8-10-15)21-17(23)12-27-20(25)18(13(2)3)22-19(24)16-6-5-11-28-16/h5-11,13,18H,4,12H2,1-3H3,(H,21,23)(H,22,24)/t18-/m0/s1. The number of carbonyl (C=O) groups excluding carboxylic acids is 3. The maximum absolute atomic E-state index is 12.3. The van der Waals surface area contributed by atoms with Crippen molar-refractivity contribution in [2.24, 2.45) is 5.92 Å². The van der Waals surface area contributed by atoms with Crippen LogP contribution in [0.3, 0.4) is 0 Å². The quantitative estimate of drug-likeness (QED) is 0.627. The van der Waals surface area contributed by atoms with Gasteiger partial charge in [-0.1, -0.05) is 19.9 Å². The monoisotopic (exact) mass is 404 g/mol. The van der Waals surface area contributed by atoms with Gasteiger partial charge < -0.3 is 20.1 Å². The molecule has 0 saturated carbocycles. The van der Waals surface area contributed by atoms with E-state index in [0.29, 0.717) is 22.9 Å². The third-order valence-electron chi connectivity index (χ3n) is 3.75. The van der Waals surface area contributed by atoms with Crippen LogP contribution in [0.5, 0.6) is 5.75 Å². The highest BCUT2D eigenvalue weighted by atomic mass is 32.1. The highest BCUT2D eigenvalue weighted by molar-refractivity contribution is 7.12. The Balaban J connectivity index is 1.85. The Kier molecular flexibility index (Phi) is 8.01. The first-order chi connectivity index (χ1) is 13.4. The lowest BCUT2D eigenvalue weighted by Gasteiger charge is -2.20. The van der Waals surface area contributed by atoms with E-state index >= 15 is 0 Å². The molecule has 0 aliphatic heterocycles. The Bertz CT molecular complexity index is 787. The van der Waals surface area contributed by atoms with Crippen LogP contribution in [-0.4, -0.2) is 37.0 Å². The molecule has 7 nitrogen and oxygen atoms in total. The molecule has 2 rings (SSSR count). The lowest BCUT2D eigenvalue weighted by molar-refractivity contribution is -0.150. The summed E-state index contributed by atoms with van der Waals surface area (Å²) in [6, 6.07) is 9.46. The average Bonchev–Trinajstić information content (AvgIpc) is 3.20. The van der Waals surface area contributed by atoms with E-state index in [1.165, 1.54) is 11.3 Å². The Labute approximate surface area is 168 Å². The van der Waals surface area contributed by atoms with Crippen molar-refractivity contribution in [3.63, 3.8) is 0 Å². The van der Waals surface area contributed by atoms with Crippen LogP contribution >= 0.6 is 11.3 Å². The Morgan fingerprint density at radius 2 is 1.82 bits per heavy atom. The van der Waals surface area contributed by atoms with Gasteiger partial charge in [0.15, 0.2) is 6.61 Å². The van der Waals surface area contributed by atoms with Gasteiger partial charge >= 0.3 is 5.97 Å².